The van der Waals surface area contributed by atoms with E-state index in [0.717, 1.165) is 15.3 Å². The largest absolute Gasteiger partial charge is 0.606 e. The smallest absolute Gasteiger partial charge is 0.324 e. The maximum atomic E-state index is 12.5. The molecular weight excluding hydrogens is 278 g/mol. The molecule has 2 nitrogen and oxygen atoms in total. The first-order valence-electron chi connectivity index (χ1n) is 6.07. The van der Waals surface area contributed by atoms with Crippen molar-refractivity contribution in [3.63, 3.8) is 0 Å². The zero-order chi connectivity index (χ0) is 13.4. The van der Waals surface area contributed by atoms with E-state index in [1.54, 1.807) is 24.3 Å². The lowest BCUT2D eigenvalue weighted by Gasteiger charge is -2.11. The first kappa shape index (κ1) is 13.1. The lowest BCUT2D eigenvalue weighted by molar-refractivity contribution is 0.333. The average Bonchev–Trinajstić information content (AvgIpc) is 2.80. The molecule has 3 rings (SSSR count). The van der Waals surface area contributed by atoms with Crippen molar-refractivity contribution in [3.8, 4) is 0 Å². The second-order valence-corrected chi connectivity index (χ2v) is 6.45. The summed E-state index contributed by atoms with van der Waals surface area (Å²) in [7, 11) is 0. The fraction of sp³-hybridized carbons (Fsp3) is 0.143. The molecule has 0 bridgehead atoms. The monoisotopic (exact) mass is 290 g/mol. The minimum Gasteiger partial charge on any atom is -0.606 e. The topological polar surface area (TPSA) is 32.3 Å². The van der Waals surface area contributed by atoms with Gasteiger partial charge in [-0.1, -0.05) is 24.5 Å². The van der Waals surface area contributed by atoms with Crippen molar-refractivity contribution in [2.45, 2.75) is 23.2 Å². The highest BCUT2D eigenvalue weighted by Gasteiger charge is 2.26. The van der Waals surface area contributed by atoms with Crippen LogP contribution in [-0.4, -0.2) is 11.5 Å². The molecular formula is C14H12BClO2S. The molecule has 2 aromatic carbocycles. The van der Waals surface area contributed by atoms with Crippen LogP contribution < -0.4 is 5.46 Å². The fourth-order valence-electron chi connectivity index (χ4n) is 2.20. The number of hydrogen-bond donors (Lipinski definition) is 0. The molecule has 96 valence electrons. The normalized spacial score (nSPS) is 15.4. The summed E-state index contributed by atoms with van der Waals surface area (Å²) < 4.78 is 18.1. The van der Waals surface area contributed by atoms with Gasteiger partial charge in [0.25, 0.3) is 0 Å². The molecule has 0 aliphatic carbocycles. The van der Waals surface area contributed by atoms with Crippen molar-refractivity contribution in [2.75, 3.05) is 0 Å². The van der Waals surface area contributed by atoms with Gasteiger partial charge in [0.2, 0.25) is 0 Å². The Hall–Kier alpha value is -0.935. The minimum atomic E-state index is -1.18. The van der Waals surface area contributed by atoms with Gasteiger partial charge in [-0.25, -0.2) is 0 Å². The number of fused-ring (bicyclic) bond motifs is 1. The summed E-state index contributed by atoms with van der Waals surface area (Å²) in [5, 5.41) is 0.650. The summed E-state index contributed by atoms with van der Waals surface area (Å²) in [4.78, 5) is 1.56. The minimum absolute atomic E-state index is 0.0807. The standard InChI is InChI=1S/C14H12BClO2S/c1-15-14-8-13(5-2-10(14)9-18-15)19(17)12-6-3-11(16)4-7-12/h2-8H,9H2,1H3. The molecule has 1 heterocycles. The fourth-order valence-corrected chi connectivity index (χ4v) is 3.40. The maximum Gasteiger partial charge on any atom is 0.324 e. The quantitative estimate of drug-likeness (QED) is 0.629. The zero-order valence-corrected chi connectivity index (χ0v) is 12.0. The van der Waals surface area contributed by atoms with E-state index in [4.69, 9.17) is 16.3 Å². The van der Waals surface area contributed by atoms with Gasteiger partial charge < -0.3 is 9.21 Å². The number of benzene rings is 2. The lowest BCUT2D eigenvalue weighted by Crippen LogP contribution is -2.25. The van der Waals surface area contributed by atoms with Crippen LogP contribution in [0.25, 0.3) is 0 Å². The highest BCUT2D eigenvalue weighted by atomic mass is 35.5. The summed E-state index contributed by atoms with van der Waals surface area (Å²) in [6.45, 7) is 2.74. The Kier molecular flexibility index (Phi) is 3.59. The van der Waals surface area contributed by atoms with Crippen LogP contribution in [0.5, 0.6) is 0 Å². The Labute approximate surface area is 121 Å². The average molecular weight is 291 g/mol. The molecule has 2 aromatic rings. The SMILES string of the molecule is CB1OCc2ccc([S+]([O-])c3ccc(Cl)cc3)cc21. The summed E-state index contributed by atoms with van der Waals surface area (Å²) in [5.41, 5.74) is 2.32. The third-order valence-corrected chi connectivity index (χ3v) is 4.92. The highest BCUT2D eigenvalue weighted by molar-refractivity contribution is 7.91. The molecule has 1 aliphatic rings. The van der Waals surface area contributed by atoms with Gasteiger partial charge in [-0.2, -0.15) is 0 Å². The van der Waals surface area contributed by atoms with Crippen LogP contribution in [0.3, 0.4) is 0 Å². The zero-order valence-electron chi connectivity index (χ0n) is 10.4. The van der Waals surface area contributed by atoms with Crippen LogP contribution >= 0.6 is 11.6 Å². The van der Waals surface area contributed by atoms with Crippen LogP contribution in [0.4, 0.5) is 0 Å². The van der Waals surface area contributed by atoms with E-state index in [2.05, 4.69) is 0 Å². The molecule has 0 fully saturated rings. The van der Waals surface area contributed by atoms with E-state index >= 15 is 0 Å². The van der Waals surface area contributed by atoms with Gasteiger partial charge in [-0.05, 0) is 47.4 Å². The molecule has 0 radical (unpaired) electrons. The highest BCUT2D eigenvalue weighted by Crippen LogP contribution is 2.23. The van der Waals surface area contributed by atoms with Crippen LogP contribution in [0, 0.1) is 0 Å². The van der Waals surface area contributed by atoms with Gasteiger partial charge in [0.15, 0.2) is 9.79 Å². The molecule has 0 aromatic heterocycles. The second kappa shape index (κ2) is 5.21. The lowest BCUT2D eigenvalue weighted by atomic mass is 9.64. The summed E-state index contributed by atoms with van der Waals surface area (Å²) >= 11 is 4.67. The number of rotatable bonds is 2. The van der Waals surface area contributed by atoms with Crippen molar-refractivity contribution in [1.82, 2.24) is 0 Å². The van der Waals surface area contributed by atoms with E-state index in [-0.39, 0.29) is 6.92 Å². The van der Waals surface area contributed by atoms with Crippen LogP contribution in [0.2, 0.25) is 11.8 Å². The van der Waals surface area contributed by atoms with Gasteiger partial charge in [-0.15, -0.1) is 0 Å². The number of halogens is 1. The third kappa shape index (κ3) is 2.54. The van der Waals surface area contributed by atoms with E-state index < -0.39 is 11.2 Å². The molecule has 1 unspecified atom stereocenters. The van der Waals surface area contributed by atoms with Crippen LogP contribution in [0.1, 0.15) is 5.56 Å². The van der Waals surface area contributed by atoms with E-state index in [1.165, 1.54) is 5.56 Å². The van der Waals surface area contributed by atoms with Crippen molar-refractivity contribution < 1.29 is 9.21 Å². The van der Waals surface area contributed by atoms with E-state index in [1.807, 2.05) is 25.0 Å². The van der Waals surface area contributed by atoms with Gasteiger partial charge in [0.05, 0.1) is 6.61 Å². The predicted molar refractivity (Wildman–Crippen MR) is 78.6 cm³/mol. The first-order chi connectivity index (χ1) is 9.15. The van der Waals surface area contributed by atoms with Crippen molar-refractivity contribution >= 4 is 35.2 Å². The Morgan fingerprint density at radius 1 is 1.16 bits per heavy atom. The molecule has 0 amide bonds. The molecule has 0 saturated carbocycles. The Morgan fingerprint density at radius 3 is 2.58 bits per heavy atom. The van der Waals surface area contributed by atoms with Crippen molar-refractivity contribution in [2.24, 2.45) is 0 Å². The molecule has 0 N–H and O–H groups in total. The Morgan fingerprint density at radius 2 is 1.84 bits per heavy atom. The van der Waals surface area contributed by atoms with Gasteiger partial charge in [0, 0.05) is 16.2 Å². The molecule has 1 atom stereocenters. The van der Waals surface area contributed by atoms with E-state index in [0.29, 0.717) is 11.6 Å². The van der Waals surface area contributed by atoms with E-state index in [9.17, 15) is 4.55 Å². The van der Waals surface area contributed by atoms with Crippen molar-refractivity contribution in [1.29, 1.82) is 0 Å². The molecule has 0 spiro atoms. The summed E-state index contributed by atoms with van der Waals surface area (Å²) in [6.07, 6.45) is 0. The molecule has 5 heteroatoms. The Balaban J connectivity index is 1.94. The van der Waals surface area contributed by atoms with Crippen LogP contribution in [-0.2, 0) is 22.4 Å². The van der Waals surface area contributed by atoms with Gasteiger partial charge in [0.1, 0.15) is 0 Å². The Bertz CT molecular complexity index is 603. The second-order valence-electron chi connectivity index (χ2n) is 4.54. The number of hydrogen-bond acceptors (Lipinski definition) is 2. The summed E-state index contributed by atoms with van der Waals surface area (Å²) in [6, 6.07) is 13.0. The maximum absolute atomic E-state index is 12.5. The van der Waals surface area contributed by atoms with Gasteiger partial charge >= 0.3 is 6.92 Å². The first-order valence-corrected chi connectivity index (χ1v) is 7.60. The molecule has 0 saturated heterocycles. The third-order valence-electron chi connectivity index (χ3n) is 3.29. The molecule has 1 aliphatic heterocycles. The predicted octanol–water partition coefficient (Wildman–Crippen LogP) is 2.87. The van der Waals surface area contributed by atoms with Crippen molar-refractivity contribution in [3.05, 3.63) is 53.1 Å². The molecule has 19 heavy (non-hydrogen) atoms. The van der Waals surface area contributed by atoms with Gasteiger partial charge in [-0.3, -0.25) is 0 Å². The summed E-state index contributed by atoms with van der Waals surface area (Å²) in [5.74, 6) is 0. The van der Waals surface area contributed by atoms with Crippen LogP contribution in [0.15, 0.2) is 52.3 Å².